The number of fused-ring (bicyclic) bond motifs is 1. The van der Waals surface area contributed by atoms with Crippen molar-refractivity contribution < 1.29 is 27.2 Å². The molecule has 0 saturated heterocycles. The van der Waals surface area contributed by atoms with Crippen molar-refractivity contribution in [1.82, 2.24) is 0 Å². The van der Waals surface area contributed by atoms with Crippen molar-refractivity contribution in [2.75, 3.05) is 14.2 Å². The molecular formula is C20H18N2O6S. The standard InChI is InChI=1S/C20H18N2O6S/c1-12-8-9-16(17(10-12)29(25,26)28-3)21-22-18-14-7-5-4-6-13(14)11-15(19(18)23)20(24)27-2/h4-11,23H,1-3H3/b22-21+. The molecule has 0 aliphatic heterocycles. The second-order valence-electron chi connectivity index (χ2n) is 6.13. The van der Waals surface area contributed by atoms with Crippen LogP contribution in [0.1, 0.15) is 15.9 Å². The Morgan fingerprint density at radius 3 is 2.45 bits per heavy atom. The van der Waals surface area contributed by atoms with Gasteiger partial charge in [0.1, 0.15) is 21.8 Å². The number of esters is 1. The molecule has 8 nitrogen and oxygen atoms in total. The number of aryl methyl sites for hydroxylation is 1. The van der Waals surface area contributed by atoms with E-state index in [4.69, 9.17) is 4.74 Å². The van der Waals surface area contributed by atoms with Crippen molar-refractivity contribution in [3.05, 3.63) is 59.7 Å². The summed E-state index contributed by atoms with van der Waals surface area (Å²) in [5.74, 6) is -1.15. The van der Waals surface area contributed by atoms with Gasteiger partial charge in [0, 0.05) is 5.39 Å². The zero-order chi connectivity index (χ0) is 21.2. The second kappa shape index (κ2) is 7.98. The van der Waals surface area contributed by atoms with Gasteiger partial charge in [-0.2, -0.15) is 8.42 Å². The zero-order valence-electron chi connectivity index (χ0n) is 15.9. The van der Waals surface area contributed by atoms with Crippen LogP contribution in [0.25, 0.3) is 10.8 Å². The van der Waals surface area contributed by atoms with Crippen LogP contribution in [-0.2, 0) is 19.0 Å². The van der Waals surface area contributed by atoms with Gasteiger partial charge in [-0.3, -0.25) is 4.18 Å². The Morgan fingerprint density at radius 1 is 1.03 bits per heavy atom. The first kappa shape index (κ1) is 20.4. The minimum atomic E-state index is -4.02. The molecule has 0 aliphatic carbocycles. The quantitative estimate of drug-likeness (QED) is 0.376. The van der Waals surface area contributed by atoms with Crippen LogP contribution in [0.15, 0.2) is 63.7 Å². The fourth-order valence-corrected chi connectivity index (χ4v) is 3.66. The van der Waals surface area contributed by atoms with Crippen LogP contribution in [0, 0.1) is 6.92 Å². The van der Waals surface area contributed by atoms with E-state index in [0.717, 1.165) is 7.11 Å². The fourth-order valence-electron chi connectivity index (χ4n) is 2.78. The summed E-state index contributed by atoms with van der Waals surface area (Å²) < 4.78 is 33.7. The number of hydrogen-bond donors (Lipinski definition) is 1. The highest BCUT2D eigenvalue weighted by molar-refractivity contribution is 7.87. The van der Waals surface area contributed by atoms with Gasteiger partial charge in [0.25, 0.3) is 10.1 Å². The maximum atomic E-state index is 12.2. The van der Waals surface area contributed by atoms with Gasteiger partial charge in [-0.1, -0.05) is 30.3 Å². The van der Waals surface area contributed by atoms with Gasteiger partial charge in [-0.15, -0.1) is 10.2 Å². The van der Waals surface area contributed by atoms with Crippen LogP contribution in [0.4, 0.5) is 11.4 Å². The second-order valence-corrected chi connectivity index (χ2v) is 7.81. The number of rotatable bonds is 5. The van der Waals surface area contributed by atoms with E-state index in [-0.39, 0.29) is 21.8 Å². The molecule has 3 aromatic carbocycles. The number of methoxy groups -OCH3 is 1. The van der Waals surface area contributed by atoms with E-state index < -0.39 is 21.8 Å². The van der Waals surface area contributed by atoms with Crippen LogP contribution in [0.3, 0.4) is 0 Å². The molecule has 0 saturated carbocycles. The molecule has 0 atom stereocenters. The molecule has 150 valence electrons. The topological polar surface area (TPSA) is 115 Å². The van der Waals surface area contributed by atoms with Gasteiger partial charge >= 0.3 is 5.97 Å². The summed E-state index contributed by atoms with van der Waals surface area (Å²) >= 11 is 0. The third-order valence-corrected chi connectivity index (χ3v) is 5.57. The van der Waals surface area contributed by atoms with Gasteiger partial charge in [0.15, 0.2) is 5.75 Å². The SMILES string of the molecule is COC(=O)c1cc2ccccc2c(/N=N/c2ccc(C)cc2S(=O)(=O)OC)c1O. The molecule has 3 rings (SSSR count). The summed E-state index contributed by atoms with van der Waals surface area (Å²) in [6, 6.07) is 13.0. The molecule has 0 aromatic heterocycles. The molecule has 9 heteroatoms. The van der Waals surface area contributed by atoms with Crippen LogP contribution in [0.5, 0.6) is 5.75 Å². The molecule has 0 bridgehead atoms. The number of benzene rings is 3. The number of ether oxygens (including phenoxy) is 1. The van der Waals surface area contributed by atoms with Crippen molar-refractivity contribution in [1.29, 1.82) is 0 Å². The summed E-state index contributed by atoms with van der Waals surface area (Å²) in [6.45, 7) is 1.73. The number of carbonyl (C=O) groups excluding carboxylic acids is 1. The smallest absolute Gasteiger partial charge is 0.341 e. The summed E-state index contributed by atoms with van der Waals surface area (Å²) in [7, 11) is -1.77. The maximum absolute atomic E-state index is 12.2. The number of phenols is 1. The van der Waals surface area contributed by atoms with Gasteiger partial charge in [0.05, 0.1) is 14.2 Å². The van der Waals surface area contributed by atoms with E-state index in [9.17, 15) is 18.3 Å². The summed E-state index contributed by atoms with van der Waals surface area (Å²) in [6.07, 6.45) is 0. The zero-order valence-corrected chi connectivity index (χ0v) is 16.7. The lowest BCUT2D eigenvalue weighted by atomic mass is 10.0. The van der Waals surface area contributed by atoms with Gasteiger partial charge in [0.2, 0.25) is 0 Å². The van der Waals surface area contributed by atoms with Crippen LogP contribution in [-0.4, -0.2) is 33.7 Å². The highest BCUT2D eigenvalue weighted by Crippen LogP contribution is 2.40. The molecular weight excluding hydrogens is 396 g/mol. The van der Waals surface area contributed by atoms with Crippen LogP contribution < -0.4 is 0 Å². The largest absolute Gasteiger partial charge is 0.505 e. The molecule has 0 heterocycles. The van der Waals surface area contributed by atoms with E-state index in [1.165, 1.54) is 25.3 Å². The number of nitrogens with zero attached hydrogens (tertiary/aromatic N) is 2. The Balaban J connectivity index is 2.23. The van der Waals surface area contributed by atoms with E-state index in [1.807, 2.05) is 0 Å². The first-order chi connectivity index (χ1) is 13.8. The lowest BCUT2D eigenvalue weighted by molar-refractivity contribution is 0.0597. The number of hydrogen-bond acceptors (Lipinski definition) is 8. The van der Waals surface area contributed by atoms with Crippen molar-refractivity contribution in [3.63, 3.8) is 0 Å². The summed E-state index contributed by atoms with van der Waals surface area (Å²) in [5, 5.41) is 19.8. The third kappa shape index (κ3) is 3.96. The Hall–Kier alpha value is -3.30. The van der Waals surface area contributed by atoms with E-state index >= 15 is 0 Å². The first-order valence-electron chi connectivity index (χ1n) is 8.44. The maximum Gasteiger partial charge on any atom is 0.341 e. The lowest BCUT2D eigenvalue weighted by Gasteiger charge is -2.09. The summed E-state index contributed by atoms with van der Waals surface area (Å²) in [4.78, 5) is 11.9. The Kier molecular flexibility index (Phi) is 5.62. The van der Waals surface area contributed by atoms with E-state index in [0.29, 0.717) is 16.3 Å². The number of carbonyl (C=O) groups is 1. The number of aromatic hydroxyl groups is 1. The summed E-state index contributed by atoms with van der Waals surface area (Å²) in [5.41, 5.74) is 0.670. The minimum absolute atomic E-state index is 0.0184. The molecule has 0 amide bonds. The first-order valence-corrected chi connectivity index (χ1v) is 9.85. The molecule has 3 aromatic rings. The lowest BCUT2D eigenvalue weighted by Crippen LogP contribution is -2.03. The Labute approximate surface area is 167 Å². The minimum Gasteiger partial charge on any atom is -0.505 e. The van der Waals surface area contributed by atoms with Crippen LogP contribution >= 0.6 is 0 Å². The number of azo groups is 1. The Morgan fingerprint density at radius 2 is 1.76 bits per heavy atom. The van der Waals surface area contributed by atoms with Gasteiger partial charge < -0.3 is 9.84 Å². The average molecular weight is 414 g/mol. The molecule has 0 aliphatic rings. The van der Waals surface area contributed by atoms with E-state index in [2.05, 4.69) is 14.4 Å². The van der Waals surface area contributed by atoms with Crippen molar-refractivity contribution in [2.45, 2.75) is 11.8 Å². The van der Waals surface area contributed by atoms with Crippen molar-refractivity contribution >= 4 is 38.2 Å². The normalized spacial score (nSPS) is 11.8. The number of phenolic OH excluding ortho intramolecular Hbond substituents is 1. The third-order valence-electron chi connectivity index (χ3n) is 4.26. The van der Waals surface area contributed by atoms with Gasteiger partial charge in [-0.05, 0) is 36.1 Å². The molecule has 0 spiro atoms. The Bertz CT molecular complexity index is 1240. The predicted molar refractivity (Wildman–Crippen MR) is 107 cm³/mol. The van der Waals surface area contributed by atoms with E-state index in [1.54, 1.807) is 37.3 Å². The molecule has 0 unspecified atom stereocenters. The highest BCUT2D eigenvalue weighted by atomic mass is 32.2. The molecule has 1 N–H and O–H groups in total. The van der Waals surface area contributed by atoms with Crippen molar-refractivity contribution in [3.8, 4) is 5.75 Å². The molecule has 0 radical (unpaired) electrons. The predicted octanol–water partition coefficient (Wildman–Crippen LogP) is 4.39. The van der Waals surface area contributed by atoms with Gasteiger partial charge in [-0.25, -0.2) is 4.79 Å². The molecule has 29 heavy (non-hydrogen) atoms. The monoisotopic (exact) mass is 414 g/mol. The van der Waals surface area contributed by atoms with Crippen LogP contribution in [0.2, 0.25) is 0 Å². The highest BCUT2D eigenvalue weighted by Gasteiger charge is 2.21. The van der Waals surface area contributed by atoms with Crippen molar-refractivity contribution in [2.24, 2.45) is 10.2 Å². The molecule has 0 fully saturated rings. The fraction of sp³-hybridized carbons (Fsp3) is 0.150. The average Bonchev–Trinajstić information content (AvgIpc) is 2.72.